The molecule has 0 spiro atoms. The lowest BCUT2D eigenvalue weighted by Crippen LogP contribution is -2.34. The van der Waals surface area contributed by atoms with Crippen molar-refractivity contribution in [1.82, 2.24) is 29.2 Å². The van der Waals surface area contributed by atoms with Crippen molar-refractivity contribution in [3.05, 3.63) is 82.4 Å². The normalized spacial score (nSPS) is 17.1. The summed E-state index contributed by atoms with van der Waals surface area (Å²) < 4.78 is 76.6. The number of carbonyl (C=O) groups is 1. The van der Waals surface area contributed by atoms with Gasteiger partial charge in [0.05, 0.1) is 5.41 Å². The van der Waals surface area contributed by atoms with Crippen LogP contribution in [0.25, 0.3) is 5.65 Å². The molecule has 0 saturated heterocycles. The number of benzene rings is 1. The molecule has 246 valence electrons. The standard InChI is InChI=1S/C31H35F3N6O5S/c1-19-8-9-21(17-22(19)18-39-14-6-11-35-13-16-45-27-24(46(39,43)44)7-5-12-36-27)25(30(3,4)29(41)42)23-10-15-40-26(20(23)2)37-38-28(40)31(32,33)34/h5,7-10,12,15,17,25,35H,6,11,13-14,16,18H2,1-4H3,(H,41,42)/t25-/m1/s1. The van der Waals surface area contributed by atoms with Gasteiger partial charge in [-0.25, -0.2) is 13.4 Å². The van der Waals surface area contributed by atoms with Crippen molar-refractivity contribution in [2.45, 2.75) is 57.7 Å². The van der Waals surface area contributed by atoms with Gasteiger partial charge in [0.15, 0.2) is 5.65 Å². The van der Waals surface area contributed by atoms with Crippen LogP contribution in [0.1, 0.15) is 59.8 Å². The molecule has 0 bridgehead atoms. The molecule has 1 aliphatic heterocycles. The predicted molar refractivity (Wildman–Crippen MR) is 162 cm³/mol. The molecule has 0 radical (unpaired) electrons. The van der Waals surface area contributed by atoms with Gasteiger partial charge in [-0.3, -0.25) is 9.20 Å². The van der Waals surface area contributed by atoms with Gasteiger partial charge in [-0.15, -0.1) is 10.2 Å². The monoisotopic (exact) mass is 660 g/mol. The van der Waals surface area contributed by atoms with Crippen LogP contribution in [0.15, 0.2) is 53.7 Å². The van der Waals surface area contributed by atoms with Gasteiger partial charge in [-0.1, -0.05) is 18.2 Å². The third-order valence-corrected chi connectivity index (χ3v) is 10.2. The molecule has 1 aromatic carbocycles. The Morgan fingerprint density at radius 2 is 1.89 bits per heavy atom. The van der Waals surface area contributed by atoms with Crippen molar-refractivity contribution in [2.24, 2.45) is 5.41 Å². The van der Waals surface area contributed by atoms with Crippen molar-refractivity contribution in [1.29, 1.82) is 0 Å². The fourth-order valence-electron chi connectivity index (χ4n) is 5.77. The summed E-state index contributed by atoms with van der Waals surface area (Å²) in [5, 5.41) is 20.7. The summed E-state index contributed by atoms with van der Waals surface area (Å²) in [6.07, 6.45) is -1.54. The minimum absolute atomic E-state index is 0.0120. The van der Waals surface area contributed by atoms with Gasteiger partial charge in [-0.2, -0.15) is 17.5 Å². The van der Waals surface area contributed by atoms with Gasteiger partial charge in [0, 0.05) is 37.9 Å². The Labute approximate surface area is 264 Å². The number of aliphatic carboxylic acids is 1. The zero-order chi connectivity index (χ0) is 33.4. The molecule has 1 atom stereocenters. The predicted octanol–water partition coefficient (Wildman–Crippen LogP) is 4.57. The first-order valence-electron chi connectivity index (χ1n) is 14.7. The van der Waals surface area contributed by atoms with E-state index in [0.29, 0.717) is 41.8 Å². The Kier molecular flexibility index (Phi) is 9.12. The number of aromatic nitrogens is 4. The average molecular weight is 661 g/mol. The van der Waals surface area contributed by atoms with Crippen LogP contribution < -0.4 is 10.1 Å². The number of hydrogen-bond acceptors (Lipinski definition) is 8. The fourth-order valence-corrected chi connectivity index (χ4v) is 7.31. The van der Waals surface area contributed by atoms with Crippen molar-refractivity contribution < 1.29 is 36.2 Å². The van der Waals surface area contributed by atoms with E-state index < -0.39 is 39.3 Å². The maximum atomic E-state index is 14.0. The maximum Gasteiger partial charge on any atom is 0.452 e. The number of carboxylic acid groups (broad SMARTS) is 1. The molecule has 46 heavy (non-hydrogen) atoms. The number of halogens is 3. The molecule has 5 rings (SSSR count). The van der Waals surface area contributed by atoms with E-state index in [4.69, 9.17) is 4.74 Å². The number of rotatable bonds is 6. The zero-order valence-corrected chi connectivity index (χ0v) is 26.6. The molecule has 15 heteroatoms. The van der Waals surface area contributed by atoms with Crippen LogP contribution in [0.3, 0.4) is 0 Å². The van der Waals surface area contributed by atoms with Crippen LogP contribution in [-0.2, 0) is 27.5 Å². The van der Waals surface area contributed by atoms with Crippen LogP contribution in [0.5, 0.6) is 5.88 Å². The van der Waals surface area contributed by atoms with Crippen molar-refractivity contribution >= 4 is 21.6 Å². The molecule has 0 amide bonds. The summed E-state index contributed by atoms with van der Waals surface area (Å²) in [7, 11) is -4.07. The lowest BCUT2D eigenvalue weighted by molar-refractivity contribution is -0.147. The summed E-state index contributed by atoms with van der Waals surface area (Å²) in [4.78, 5) is 16.8. The van der Waals surface area contributed by atoms with Crippen LogP contribution in [0.4, 0.5) is 13.2 Å². The second kappa shape index (κ2) is 12.6. The summed E-state index contributed by atoms with van der Waals surface area (Å²) in [6.45, 7) is 8.02. The van der Waals surface area contributed by atoms with Gasteiger partial charge in [0.1, 0.15) is 11.5 Å². The summed E-state index contributed by atoms with van der Waals surface area (Å²) in [5.74, 6) is -3.14. The van der Waals surface area contributed by atoms with E-state index >= 15 is 0 Å². The number of alkyl halides is 3. The Morgan fingerprint density at radius 1 is 1.13 bits per heavy atom. The SMILES string of the molecule is Cc1ccc([C@H](c2ccn3c(C(F)(F)F)nnc3c2C)C(C)(C)C(=O)O)cc1CN1CCCNCCOc2ncccc2S1(=O)=O. The Balaban J connectivity index is 1.61. The highest BCUT2D eigenvalue weighted by atomic mass is 32.2. The quantitative estimate of drug-likeness (QED) is 0.305. The lowest BCUT2D eigenvalue weighted by Gasteiger charge is -2.33. The van der Waals surface area contributed by atoms with E-state index in [1.165, 1.54) is 34.9 Å². The number of fused-ring (bicyclic) bond motifs is 2. The minimum atomic E-state index is -4.73. The van der Waals surface area contributed by atoms with E-state index in [1.54, 1.807) is 39.0 Å². The molecular formula is C31H35F3N6O5S. The third-order valence-electron chi connectivity index (χ3n) is 8.39. The van der Waals surface area contributed by atoms with Crippen molar-refractivity contribution in [2.75, 3.05) is 26.2 Å². The molecular weight excluding hydrogens is 625 g/mol. The first-order valence-corrected chi connectivity index (χ1v) is 16.1. The second-order valence-corrected chi connectivity index (χ2v) is 13.8. The molecule has 0 unspecified atom stereocenters. The fraction of sp³-hybridized carbons (Fsp3) is 0.419. The molecule has 4 heterocycles. The zero-order valence-electron chi connectivity index (χ0n) is 25.8. The van der Waals surface area contributed by atoms with Crippen molar-refractivity contribution in [3.8, 4) is 5.88 Å². The van der Waals surface area contributed by atoms with E-state index in [2.05, 4.69) is 20.5 Å². The highest BCUT2D eigenvalue weighted by molar-refractivity contribution is 7.89. The van der Waals surface area contributed by atoms with E-state index in [9.17, 15) is 31.5 Å². The molecule has 3 aromatic heterocycles. The van der Waals surface area contributed by atoms with Gasteiger partial charge in [0.25, 0.3) is 0 Å². The van der Waals surface area contributed by atoms with Gasteiger partial charge >= 0.3 is 12.1 Å². The molecule has 0 saturated carbocycles. The lowest BCUT2D eigenvalue weighted by atomic mass is 9.70. The molecule has 4 aromatic rings. The Morgan fingerprint density at radius 3 is 2.61 bits per heavy atom. The van der Waals surface area contributed by atoms with Crippen LogP contribution >= 0.6 is 0 Å². The summed E-state index contributed by atoms with van der Waals surface area (Å²) >= 11 is 0. The molecule has 0 fully saturated rings. The number of aryl methyl sites for hydroxylation is 2. The average Bonchev–Trinajstić information content (AvgIpc) is 3.43. The maximum absolute atomic E-state index is 14.0. The molecule has 2 N–H and O–H groups in total. The number of sulfonamides is 1. The smallest absolute Gasteiger partial charge is 0.452 e. The number of hydrogen-bond donors (Lipinski definition) is 2. The second-order valence-electron chi connectivity index (χ2n) is 11.9. The number of carboxylic acids is 1. The minimum Gasteiger partial charge on any atom is -0.481 e. The van der Waals surface area contributed by atoms with E-state index in [-0.39, 0.29) is 36.1 Å². The van der Waals surface area contributed by atoms with Crippen LogP contribution in [-0.4, -0.2) is 69.6 Å². The highest BCUT2D eigenvalue weighted by Crippen LogP contribution is 2.44. The van der Waals surface area contributed by atoms with Crippen LogP contribution in [0.2, 0.25) is 0 Å². The Bertz CT molecular complexity index is 1880. The Hall–Kier alpha value is -4.08. The topological polar surface area (TPSA) is 139 Å². The van der Waals surface area contributed by atoms with Gasteiger partial charge in [0.2, 0.25) is 21.7 Å². The van der Waals surface area contributed by atoms with Crippen molar-refractivity contribution in [3.63, 3.8) is 0 Å². The van der Waals surface area contributed by atoms with E-state index in [0.717, 1.165) is 9.96 Å². The summed E-state index contributed by atoms with van der Waals surface area (Å²) in [6, 6.07) is 9.79. The number of nitrogens with zero attached hydrogens (tertiary/aromatic N) is 5. The first kappa shape index (κ1) is 33.3. The summed E-state index contributed by atoms with van der Waals surface area (Å²) in [5.41, 5.74) is 1.30. The number of pyridine rings is 2. The molecule has 11 nitrogen and oxygen atoms in total. The van der Waals surface area contributed by atoms with Gasteiger partial charge < -0.3 is 15.2 Å². The third kappa shape index (κ3) is 6.31. The highest BCUT2D eigenvalue weighted by Gasteiger charge is 2.42. The van der Waals surface area contributed by atoms with E-state index in [1.807, 2.05) is 6.92 Å². The largest absolute Gasteiger partial charge is 0.481 e. The number of ether oxygens (including phenoxy) is 1. The number of nitrogens with one attached hydrogen (secondary N) is 1. The first-order chi connectivity index (χ1) is 21.6. The van der Waals surface area contributed by atoms with Crippen LogP contribution in [0, 0.1) is 19.3 Å². The molecule has 0 aliphatic carbocycles. The molecule has 1 aliphatic rings. The van der Waals surface area contributed by atoms with Gasteiger partial charge in [-0.05, 0) is 86.7 Å².